The summed E-state index contributed by atoms with van der Waals surface area (Å²) in [5.41, 5.74) is -2.04. The van der Waals surface area contributed by atoms with E-state index in [1.807, 2.05) is 0 Å². The van der Waals surface area contributed by atoms with Gasteiger partial charge in [0.2, 0.25) is 0 Å². The minimum Gasteiger partial charge on any atom is -0.265 e. The Kier molecular flexibility index (Phi) is 5.45. The molecule has 0 fully saturated rings. The van der Waals surface area contributed by atoms with Crippen LogP contribution in [-0.4, -0.2) is 27.7 Å². The molecule has 4 aromatic rings. The molecule has 0 N–H and O–H groups in total. The number of hydrogen-bond acceptors (Lipinski definition) is 4. The number of aryl methyl sites for hydroxylation is 2. The zero-order valence-electron chi connectivity index (χ0n) is 18.3. The number of hydrogen-bond donors (Lipinski definition) is 0. The van der Waals surface area contributed by atoms with E-state index in [1.165, 1.54) is 50.8 Å². The van der Waals surface area contributed by atoms with Gasteiger partial charge in [0.1, 0.15) is 0 Å². The highest BCUT2D eigenvalue weighted by atomic mass is 32.1. The summed E-state index contributed by atoms with van der Waals surface area (Å²) in [6.07, 6.45) is 5.99. The van der Waals surface area contributed by atoms with E-state index >= 15 is 17.6 Å². The van der Waals surface area contributed by atoms with Crippen molar-refractivity contribution in [3.05, 3.63) is 82.1 Å². The third-order valence-corrected chi connectivity index (χ3v) is 8.17. The van der Waals surface area contributed by atoms with Gasteiger partial charge < -0.3 is 0 Å². The Hall–Kier alpha value is -2.98. The van der Waals surface area contributed by atoms with Crippen LogP contribution in [0.15, 0.2) is 61.2 Å². The van der Waals surface area contributed by atoms with Gasteiger partial charge in [-0.3, -0.25) is 9.97 Å². The predicted molar refractivity (Wildman–Crippen MR) is 126 cm³/mol. The molecule has 10 heteroatoms. The molecule has 4 aromatic heterocycles. The van der Waals surface area contributed by atoms with E-state index in [0.717, 1.165) is 22.7 Å². The quantitative estimate of drug-likeness (QED) is 0.252. The molecular formula is C25H16F6N2S2. The van der Waals surface area contributed by atoms with Gasteiger partial charge in [0, 0.05) is 55.4 Å². The van der Waals surface area contributed by atoms with Crippen molar-refractivity contribution in [1.82, 2.24) is 9.97 Å². The standard InChI is InChI=1S/C25H16F6N2S2/c1-13-17(11-19(34-13)15-3-7-32-8-4-15)21-22(24(28,29)25(30,31)23(21,26)27)18-12-20(35-14(18)2)16-5-9-33-10-6-16/h3-12H,1-2H3. The maximum atomic E-state index is 15.3. The van der Waals surface area contributed by atoms with Crippen LogP contribution in [0, 0.1) is 13.8 Å². The van der Waals surface area contributed by atoms with E-state index in [0.29, 0.717) is 20.9 Å². The Balaban J connectivity index is 1.78. The van der Waals surface area contributed by atoms with Crippen LogP contribution in [0.5, 0.6) is 0 Å². The van der Waals surface area contributed by atoms with Crippen LogP contribution in [0.25, 0.3) is 32.0 Å². The molecule has 0 aliphatic heterocycles. The molecule has 1 aliphatic carbocycles. The van der Waals surface area contributed by atoms with E-state index in [2.05, 4.69) is 9.97 Å². The number of nitrogens with zero attached hydrogens (tertiary/aromatic N) is 2. The molecule has 0 aromatic carbocycles. The van der Waals surface area contributed by atoms with Crippen LogP contribution in [-0.2, 0) is 0 Å². The molecule has 0 saturated carbocycles. The van der Waals surface area contributed by atoms with Crippen molar-refractivity contribution < 1.29 is 26.3 Å². The Morgan fingerprint density at radius 3 is 1.29 bits per heavy atom. The van der Waals surface area contributed by atoms with Crippen LogP contribution in [0.1, 0.15) is 20.9 Å². The van der Waals surface area contributed by atoms with Gasteiger partial charge in [0.05, 0.1) is 0 Å². The number of aromatic nitrogens is 2. The molecule has 0 bridgehead atoms. The molecule has 0 saturated heterocycles. The molecule has 0 radical (unpaired) electrons. The smallest absolute Gasteiger partial charge is 0.265 e. The van der Waals surface area contributed by atoms with Crippen molar-refractivity contribution in [2.45, 2.75) is 31.6 Å². The van der Waals surface area contributed by atoms with Crippen molar-refractivity contribution in [3.8, 4) is 20.9 Å². The average molecular weight is 523 g/mol. The van der Waals surface area contributed by atoms with E-state index in [9.17, 15) is 8.78 Å². The zero-order chi connectivity index (χ0) is 25.2. The lowest BCUT2D eigenvalue weighted by molar-refractivity contribution is -0.254. The maximum absolute atomic E-state index is 15.3. The van der Waals surface area contributed by atoms with E-state index in [-0.39, 0.29) is 20.9 Å². The second-order valence-electron chi connectivity index (χ2n) is 8.11. The van der Waals surface area contributed by atoms with Crippen molar-refractivity contribution in [2.75, 3.05) is 0 Å². The Bertz CT molecular complexity index is 1330. The molecule has 0 amide bonds. The number of alkyl halides is 6. The first kappa shape index (κ1) is 23.7. The van der Waals surface area contributed by atoms with Crippen LogP contribution < -0.4 is 0 Å². The minimum atomic E-state index is -5.60. The molecular weight excluding hydrogens is 506 g/mol. The lowest BCUT2D eigenvalue weighted by atomic mass is 9.94. The first-order chi connectivity index (χ1) is 16.5. The number of thiophene rings is 2. The molecule has 4 heterocycles. The number of pyridine rings is 2. The molecule has 0 atom stereocenters. The van der Waals surface area contributed by atoms with Crippen LogP contribution in [0.4, 0.5) is 26.3 Å². The third-order valence-electron chi connectivity index (χ3n) is 5.97. The fraction of sp³-hybridized carbons (Fsp3) is 0.200. The maximum Gasteiger partial charge on any atom is 0.380 e. The highest BCUT2D eigenvalue weighted by Crippen LogP contribution is 2.66. The SMILES string of the molecule is Cc1sc(-c2ccncc2)cc1C1=C(c2cc(-c3ccncc3)sc2C)C(F)(F)C(F)(F)C1(F)F. The van der Waals surface area contributed by atoms with E-state index in [4.69, 9.17) is 0 Å². The summed E-state index contributed by atoms with van der Waals surface area (Å²) in [4.78, 5) is 9.25. The molecule has 5 rings (SSSR count). The van der Waals surface area contributed by atoms with Crippen molar-refractivity contribution >= 4 is 33.8 Å². The normalized spacial score (nSPS) is 18.3. The van der Waals surface area contributed by atoms with E-state index in [1.54, 1.807) is 24.3 Å². The van der Waals surface area contributed by atoms with Gasteiger partial charge in [-0.25, -0.2) is 0 Å². The Labute approximate surface area is 204 Å². The second kappa shape index (κ2) is 8.03. The molecule has 2 nitrogen and oxygen atoms in total. The summed E-state index contributed by atoms with van der Waals surface area (Å²) >= 11 is 2.14. The fourth-order valence-corrected chi connectivity index (χ4v) is 6.27. The zero-order valence-corrected chi connectivity index (χ0v) is 19.9. The summed E-state index contributed by atoms with van der Waals surface area (Å²) in [6, 6.07) is 9.08. The molecule has 180 valence electrons. The second-order valence-corrected chi connectivity index (χ2v) is 10.6. The lowest BCUT2D eigenvalue weighted by Crippen LogP contribution is -2.48. The van der Waals surface area contributed by atoms with Crippen molar-refractivity contribution in [3.63, 3.8) is 0 Å². The Morgan fingerprint density at radius 2 is 0.943 bits per heavy atom. The largest absolute Gasteiger partial charge is 0.380 e. The minimum absolute atomic E-state index is 0.236. The number of allylic oxidation sites excluding steroid dienone is 2. The summed E-state index contributed by atoms with van der Waals surface area (Å²) in [7, 11) is 0. The van der Waals surface area contributed by atoms with Gasteiger partial charge in [-0.05, 0) is 72.5 Å². The van der Waals surface area contributed by atoms with Gasteiger partial charge in [0.25, 0.3) is 0 Å². The van der Waals surface area contributed by atoms with Crippen molar-refractivity contribution in [1.29, 1.82) is 0 Å². The molecule has 1 aliphatic rings. The highest BCUT2D eigenvalue weighted by molar-refractivity contribution is 7.16. The summed E-state index contributed by atoms with van der Waals surface area (Å²) < 4.78 is 90.5. The van der Waals surface area contributed by atoms with Gasteiger partial charge in [-0.1, -0.05) is 0 Å². The molecule has 0 spiro atoms. The monoisotopic (exact) mass is 522 g/mol. The van der Waals surface area contributed by atoms with Crippen LogP contribution in [0.3, 0.4) is 0 Å². The first-order valence-electron chi connectivity index (χ1n) is 10.4. The predicted octanol–water partition coefficient (Wildman–Crippen LogP) is 8.38. The van der Waals surface area contributed by atoms with E-state index < -0.39 is 28.9 Å². The summed E-state index contributed by atoms with van der Waals surface area (Å²) in [5.74, 6) is -15.8. The number of halogens is 6. The van der Waals surface area contributed by atoms with Gasteiger partial charge in [-0.2, -0.15) is 26.3 Å². The third kappa shape index (κ3) is 3.45. The Morgan fingerprint density at radius 1 is 0.600 bits per heavy atom. The molecule has 0 unspecified atom stereocenters. The first-order valence-corrected chi connectivity index (χ1v) is 12.0. The summed E-state index contributed by atoms with van der Waals surface area (Å²) in [5, 5.41) is 0. The summed E-state index contributed by atoms with van der Waals surface area (Å²) in [6.45, 7) is 2.92. The molecule has 35 heavy (non-hydrogen) atoms. The van der Waals surface area contributed by atoms with Gasteiger partial charge in [-0.15, -0.1) is 22.7 Å². The topological polar surface area (TPSA) is 25.8 Å². The highest BCUT2D eigenvalue weighted by Gasteiger charge is 2.80. The van der Waals surface area contributed by atoms with Crippen LogP contribution in [0.2, 0.25) is 0 Å². The van der Waals surface area contributed by atoms with Crippen molar-refractivity contribution in [2.24, 2.45) is 0 Å². The average Bonchev–Trinajstić information content (AvgIpc) is 3.42. The fourth-order valence-electron chi connectivity index (χ4n) is 4.21. The van der Waals surface area contributed by atoms with Crippen LogP contribution >= 0.6 is 22.7 Å². The van der Waals surface area contributed by atoms with Gasteiger partial charge in [0.15, 0.2) is 0 Å². The van der Waals surface area contributed by atoms with Gasteiger partial charge >= 0.3 is 17.8 Å². The number of rotatable bonds is 4. The lowest BCUT2D eigenvalue weighted by Gasteiger charge is -2.25.